The van der Waals surface area contributed by atoms with Gasteiger partial charge in [0.15, 0.2) is 0 Å². The minimum atomic E-state index is -0.935. The number of ether oxygens (including phenoxy) is 3. The number of likely N-dealkylation sites (tertiary alicyclic amines) is 1. The summed E-state index contributed by atoms with van der Waals surface area (Å²) in [4.78, 5) is 14.9. The molecule has 166 valence electrons. The fourth-order valence-electron chi connectivity index (χ4n) is 4.19. The lowest BCUT2D eigenvalue weighted by molar-refractivity contribution is -0.0439. The Balaban J connectivity index is 1.47. The van der Waals surface area contributed by atoms with Gasteiger partial charge in [0.1, 0.15) is 36.7 Å². The van der Waals surface area contributed by atoms with Gasteiger partial charge in [0.2, 0.25) is 0 Å². The number of carbonyl (C=O) groups excluding carboxylic acids is 1. The van der Waals surface area contributed by atoms with Gasteiger partial charge >= 0.3 is 0 Å². The van der Waals surface area contributed by atoms with Crippen molar-refractivity contribution in [2.45, 2.75) is 44.5 Å². The van der Waals surface area contributed by atoms with Crippen molar-refractivity contribution in [3.05, 3.63) is 65.0 Å². The summed E-state index contributed by atoms with van der Waals surface area (Å²) in [7, 11) is 0. The lowest BCUT2D eigenvalue weighted by atomic mass is 9.82. The molecule has 0 aromatic heterocycles. The molecular weight excluding hydrogens is 401 g/mol. The fourth-order valence-corrected chi connectivity index (χ4v) is 4.19. The molecule has 2 unspecified atom stereocenters. The highest BCUT2D eigenvalue weighted by Gasteiger charge is 2.51. The summed E-state index contributed by atoms with van der Waals surface area (Å²) in [5.41, 5.74) is 0.673. The number of rotatable bonds is 5. The van der Waals surface area contributed by atoms with Crippen molar-refractivity contribution >= 4 is 5.91 Å². The van der Waals surface area contributed by atoms with Crippen LogP contribution in [0.4, 0.5) is 4.39 Å². The molecule has 2 fully saturated rings. The molecule has 0 aliphatic carbocycles. The van der Waals surface area contributed by atoms with E-state index in [2.05, 4.69) is 0 Å². The number of benzene rings is 2. The second-order valence-electron chi connectivity index (χ2n) is 8.90. The van der Waals surface area contributed by atoms with Crippen LogP contribution in [0.15, 0.2) is 42.5 Å². The lowest BCUT2D eigenvalue weighted by Crippen LogP contribution is -2.53. The second-order valence-corrected chi connectivity index (χ2v) is 8.90. The van der Waals surface area contributed by atoms with Crippen LogP contribution in [0, 0.1) is 12.7 Å². The molecule has 1 amide bonds. The van der Waals surface area contributed by atoms with E-state index in [0.717, 1.165) is 11.1 Å². The van der Waals surface area contributed by atoms with Crippen LogP contribution in [0.25, 0.3) is 0 Å². The van der Waals surface area contributed by atoms with Crippen LogP contribution in [0.3, 0.4) is 0 Å². The van der Waals surface area contributed by atoms with E-state index in [4.69, 9.17) is 14.2 Å². The summed E-state index contributed by atoms with van der Waals surface area (Å²) in [6.07, 6.45) is 0.256. The smallest absolute Gasteiger partial charge is 0.253 e. The Morgan fingerprint density at radius 2 is 2.03 bits per heavy atom. The predicted octanol–water partition coefficient (Wildman–Crippen LogP) is 3.40. The van der Waals surface area contributed by atoms with Crippen LogP contribution in [-0.2, 0) is 15.1 Å². The van der Waals surface area contributed by atoms with Crippen LogP contribution in [0.2, 0.25) is 0 Å². The van der Waals surface area contributed by atoms with E-state index in [-0.39, 0.29) is 31.2 Å². The molecule has 2 saturated heterocycles. The molecule has 0 bridgehead atoms. The summed E-state index contributed by atoms with van der Waals surface area (Å²) in [6.45, 7) is 6.45. The normalized spacial score (nSPS) is 23.5. The highest BCUT2D eigenvalue weighted by atomic mass is 19.1. The fraction of sp³-hybridized carbons (Fsp3) is 0.458. The molecule has 6 nitrogen and oxygen atoms in total. The van der Waals surface area contributed by atoms with Crippen molar-refractivity contribution < 1.29 is 28.5 Å². The minimum absolute atomic E-state index is 0.0830. The molecule has 0 saturated carbocycles. The number of nitrogens with zero attached hydrogens (tertiary/aromatic N) is 1. The van der Waals surface area contributed by atoms with Gasteiger partial charge in [0.25, 0.3) is 5.91 Å². The third-order valence-corrected chi connectivity index (χ3v) is 5.87. The Labute approximate surface area is 181 Å². The summed E-state index contributed by atoms with van der Waals surface area (Å²) in [6, 6.07) is 11.6. The first-order valence-electron chi connectivity index (χ1n) is 10.4. The van der Waals surface area contributed by atoms with Gasteiger partial charge < -0.3 is 24.2 Å². The van der Waals surface area contributed by atoms with Crippen molar-refractivity contribution in [3.8, 4) is 5.75 Å². The molecule has 2 aromatic carbocycles. The maximum Gasteiger partial charge on any atom is 0.253 e. The van der Waals surface area contributed by atoms with E-state index in [9.17, 15) is 14.3 Å². The van der Waals surface area contributed by atoms with Gasteiger partial charge in [-0.05, 0) is 62.2 Å². The zero-order valence-electron chi connectivity index (χ0n) is 18.1. The summed E-state index contributed by atoms with van der Waals surface area (Å²) >= 11 is 0. The zero-order valence-corrected chi connectivity index (χ0v) is 18.1. The topological polar surface area (TPSA) is 68.2 Å². The molecule has 2 atom stereocenters. The number of fused-ring (bicyclic) bond motifs is 1. The van der Waals surface area contributed by atoms with Crippen LogP contribution < -0.4 is 4.74 Å². The van der Waals surface area contributed by atoms with Crippen LogP contribution in [0.5, 0.6) is 5.75 Å². The molecule has 2 aromatic rings. The molecule has 0 radical (unpaired) electrons. The lowest BCUT2D eigenvalue weighted by Gasteiger charge is -2.42. The van der Waals surface area contributed by atoms with Gasteiger partial charge in [0.05, 0.1) is 12.1 Å². The van der Waals surface area contributed by atoms with E-state index in [1.54, 1.807) is 49.1 Å². The summed E-state index contributed by atoms with van der Waals surface area (Å²) < 4.78 is 30.8. The SMILES string of the molecule is Cc1cc(C(=O)N2CCC3(c4ccc(F)cc4)OCOC3C2)ccc1OCC(C)(C)O. The Morgan fingerprint density at radius 3 is 2.71 bits per heavy atom. The van der Waals surface area contributed by atoms with Crippen molar-refractivity contribution in [1.82, 2.24) is 4.90 Å². The molecule has 7 heteroatoms. The van der Waals surface area contributed by atoms with E-state index in [0.29, 0.717) is 30.8 Å². The number of halogens is 1. The number of hydrogen-bond donors (Lipinski definition) is 1. The monoisotopic (exact) mass is 429 g/mol. The number of aryl methyl sites for hydroxylation is 1. The number of amides is 1. The molecule has 4 rings (SSSR count). The average molecular weight is 429 g/mol. The van der Waals surface area contributed by atoms with E-state index >= 15 is 0 Å². The largest absolute Gasteiger partial charge is 0.490 e. The van der Waals surface area contributed by atoms with Crippen molar-refractivity contribution in [2.24, 2.45) is 0 Å². The molecule has 1 N–H and O–H groups in total. The molecule has 31 heavy (non-hydrogen) atoms. The highest BCUT2D eigenvalue weighted by molar-refractivity contribution is 5.94. The number of carbonyl (C=O) groups is 1. The van der Waals surface area contributed by atoms with E-state index in [1.807, 2.05) is 6.92 Å². The predicted molar refractivity (Wildman–Crippen MR) is 112 cm³/mol. The molecule has 2 aliphatic rings. The standard InChI is InChI=1S/C24H28FNO5/c1-16-12-17(4-9-20(16)29-14-23(2,3)28)22(27)26-11-10-24(21(13-26)30-15-31-24)18-5-7-19(25)8-6-18/h4-9,12,21,28H,10-11,13-15H2,1-3H3. The molecule has 2 heterocycles. The highest BCUT2D eigenvalue weighted by Crippen LogP contribution is 2.42. The molecule has 2 aliphatic heterocycles. The number of hydrogen-bond acceptors (Lipinski definition) is 5. The maximum atomic E-state index is 13.4. The van der Waals surface area contributed by atoms with Gasteiger partial charge in [0, 0.05) is 18.5 Å². The van der Waals surface area contributed by atoms with Crippen molar-refractivity contribution in [1.29, 1.82) is 0 Å². The van der Waals surface area contributed by atoms with E-state index < -0.39 is 11.2 Å². The van der Waals surface area contributed by atoms with Crippen molar-refractivity contribution in [3.63, 3.8) is 0 Å². The first-order chi connectivity index (χ1) is 14.7. The third-order valence-electron chi connectivity index (χ3n) is 5.87. The Hall–Kier alpha value is -2.48. The van der Waals surface area contributed by atoms with Crippen LogP contribution >= 0.6 is 0 Å². The Morgan fingerprint density at radius 1 is 1.29 bits per heavy atom. The number of aliphatic hydroxyl groups is 1. The molecule has 0 spiro atoms. The maximum absolute atomic E-state index is 13.4. The van der Waals surface area contributed by atoms with E-state index in [1.165, 1.54) is 12.1 Å². The summed E-state index contributed by atoms with van der Waals surface area (Å²) in [5.74, 6) is 0.258. The molecular formula is C24H28FNO5. The van der Waals surface area contributed by atoms with Crippen molar-refractivity contribution in [2.75, 3.05) is 26.5 Å². The van der Waals surface area contributed by atoms with Crippen LogP contribution in [0.1, 0.15) is 41.8 Å². The summed E-state index contributed by atoms with van der Waals surface area (Å²) in [5, 5.41) is 9.85. The third kappa shape index (κ3) is 4.44. The quantitative estimate of drug-likeness (QED) is 0.789. The van der Waals surface area contributed by atoms with Gasteiger partial charge in [-0.2, -0.15) is 0 Å². The van der Waals surface area contributed by atoms with Gasteiger partial charge in [-0.15, -0.1) is 0 Å². The second kappa shape index (κ2) is 8.22. The van der Waals surface area contributed by atoms with Gasteiger partial charge in [-0.1, -0.05) is 12.1 Å². The average Bonchev–Trinajstić information content (AvgIpc) is 3.16. The Bertz CT molecular complexity index is 955. The zero-order chi connectivity index (χ0) is 22.2. The minimum Gasteiger partial charge on any atom is -0.490 e. The first kappa shape index (κ1) is 21.7. The van der Waals surface area contributed by atoms with Gasteiger partial charge in [-0.3, -0.25) is 4.79 Å². The Kier molecular flexibility index (Phi) is 5.77. The first-order valence-corrected chi connectivity index (χ1v) is 10.4. The van der Waals surface area contributed by atoms with Crippen LogP contribution in [-0.4, -0.2) is 54.1 Å². The number of piperidine rings is 1. The van der Waals surface area contributed by atoms with Gasteiger partial charge in [-0.25, -0.2) is 4.39 Å².